The predicted octanol–water partition coefficient (Wildman–Crippen LogP) is 7.24. The molecule has 36 heavy (non-hydrogen) atoms. The minimum atomic E-state index is -0.812. The molecule has 0 saturated heterocycles. The molecule has 1 aromatic heterocycles. The number of ether oxygens (including phenoxy) is 2. The maximum atomic E-state index is 13.6. The van der Waals surface area contributed by atoms with Crippen LogP contribution in [0, 0.1) is 6.92 Å². The number of ketones is 1. The van der Waals surface area contributed by atoms with Gasteiger partial charge in [-0.15, -0.1) is 23.5 Å². The molecule has 0 bridgehead atoms. The van der Waals surface area contributed by atoms with Gasteiger partial charge in [0.05, 0.1) is 5.69 Å². The third-order valence-electron chi connectivity index (χ3n) is 5.09. The zero-order chi connectivity index (χ0) is 25.5. The average Bonchev–Trinajstić information content (AvgIpc) is 2.90. The highest BCUT2D eigenvalue weighted by Gasteiger charge is 2.27. The lowest BCUT2D eigenvalue weighted by atomic mass is 10.1. The van der Waals surface area contributed by atoms with Crippen LogP contribution in [0.3, 0.4) is 0 Å². The molecule has 3 aromatic carbocycles. The second-order valence-corrected chi connectivity index (χ2v) is 9.24. The number of benzene rings is 3. The van der Waals surface area contributed by atoms with E-state index in [9.17, 15) is 9.59 Å². The van der Waals surface area contributed by atoms with Crippen LogP contribution >= 0.6 is 23.5 Å². The normalized spacial score (nSPS) is 10.5. The number of hydrogen-bond donors (Lipinski definition) is 1. The molecule has 0 aliphatic carbocycles. The van der Waals surface area contributed by atoms with E-state index in [1.54, 1.807) is 42.5 Å². The second-order valence-electron chi connectivity index (χ2n) is 7.59. The monoisotopic (exact) mass is 516 g/mol. The molecule has 1 N–H and O–H groups in total. The number of amides is 1. The van der Waals surface area contributed by atoms with Crippen LogP contribution in [0.25, 0.3) is 0 Å². The third kappa shape index (κ3) is 5.90. The van der Waals surface area contributed by atoms with Gasteiger partial charge in [0.2, 0.25) is 0 Å². The number of hydrogen-bond acceptors (Lipinski definition) is 7. The van der Waals surface area contributed by atoms with Crippen LogP contribution in [-0.4, -0.2) is 29.2 Å². The van der Waals surface area contributed by atoms with Crippen molar-refractivity contribution in [2.24, 2.45) is 0 Å². The maximum absolute atomic E-state index is 13.6. The number of aryl methyl sites for hydroxylation is 1. The van der Waals surface area contributed by atoms with Gasteiger partial charge in [-0.25, -0.2) is 4.98 Å². The lowest BCUT2D eigenvalue weighted by Gasteiger charge is -2.17. The zero-order valence-electron chi connectivity index (χ0n) is 20.0. The summed E-state index contributed by atoms with van der Waals surface area (Å²) in [7, 11) is 0. The first kappa shape index (κ1) is 25.3. The molecule has 0 saturated carbocycles. The van der Waals surface area contributed by atoms with Crippen LogP contribution in [0.1, 0.15) is 16.1 Å². The molecule has 0 aliphatic rings. The quantitative estimate of drug-likeness (QED) is 0.143. The lowest BCUT2D eigenvalue weighted by molar-refractivity contribution is -0.112. The number of anilines is 1. The Balaban J connectivity index is 1.74. The Hall–Kier alpha value is -3.75. The number of pyridine rings is 1. The Labute approximate surface area is 218 Å². The van der Waals surface area contributed by atoms with E-state index < -0.39 is 11.7 Å². The summed E-state index contributed by atoms with van der Waals surface area (Å²) in [5.41, 5.74) is 1.36. The average molecular weight is 517 g/mol. The summed E-state index contributed by atoms with van der Waals surface area (Å²) in [5, 5.41) is 3.42. The van der Waals surface area contributed by atoms with Crippen molar-refractivity contribution in [3.05, 3.63) is 96.2 Å². The highest BCUT2D eigenvalue weighted by atomic mass is 32.2. The first-order valence-corrected chi connectivity index (χ1v) is 13.5. The first-order valence-electron chi connectivity index (χ1n) is 11.0. The smallest absolute Gasteiger partial charge is 0.297 e. The lowest BCUT2D eigenvalue weighted by Crippen LogP contribution is -2.24. The van der Waals surface area contributed by atoms with Gasteiger partial charge in [-0.05, 0) is 61.9 Å². The number of carbonyl (C=O) groups is 2. The number of nitrogens with one attached hydrogen (secondary N) is 1. The van der Waals surface area contributed by atoms with Gasteiger partial charge in [0, 0.05) is 10.6 Å². The minimum absolute atomic E-state index is 0.0270. The second kappa shape index (κ2) is 11.8. The van der Waals surface area contributed by atoms with Gasteiger partial charge < -0.3 is 14.8 Å². The van der Waals surface area contributed by atoms with Crippen molar-refractivity contribution >= 4 is 40.9 Å². The van der Waals surface area contributed by atoms with Gasteiger partial charge in [-0.3, -0.25) is 9.59 Å². The number of Topliss-reactive ketones (excluding diaryl/α,β-unsaturated/α-hetero) is 1. The molecule has 1 heterocycles. The van der Waals surface area contributed by atoms with Crippen molar-refractivity contribution in [1.82, 2.24) is 4.98 Å². The van der Waals surface area contributed by atoms with Crippen molar-refractivity contribution in [2.75, 3.05) is 17.8 Å². The Bertz CT molecular complexity index is 1290. The number of thioether (sulfide) groups is 2. The highest BCUT2D eigenvalue weighted by Crippen LogP contribution is 2.37. The molecular formula is C28H24N2O4S2. The Morgan fingerprint density at radius 2 is 1.33 bits per heavy atom. The fourth-order valence-corrected chi connectivity index (χ4v) is 4.76. The van der Waals surface area contributed by atoms with Crippen molar-refractivity contribution in [1.29, 1.82) is 0 Å². The molecule has 6 nitrogen and oxygen atoms in total. The summed E-state index contributed by atoms with van der Waals surface area (Å²) in [6, 6.07) is 25.0. The summed E-state index contributed by atoms with van der Waals surface area (Å²) >= 11 is 2.87. The van der Waals surface area contributed by atoms with Crippen LogP contribution < -0.4 is 14.8 Å². The van der Waals surface area contributed by atoms with Gasteiger partial charge in [-0.1, -0.05) is 42.5 Å². The van der Waals surface area contributed by atoms with E-state index in [0.29, 0.717) is 22.2 Å². The predicted molar refractivity (Wildman–Crippen MR) is 145 cm³/mol. The van der Waals surface area contributed by atoms with Crippen molar-refractivity contribution in [2.45, 2.75) is 16.8 Å². The Morgan fingerprint density at radius 1 is 0.778 bits per heavy atom. The van der Waals surface area contributed by atoms with Crippen LogP contribution in [0.15, 0.2) is 94.9 Å². The molecule has 182 valence electrons. The fraction of sp³-hybridized carbons (Fsp3) is 0.107. The van der Waals surface area contributed by atoms with Crippen LogP contribution in [0.4, 0.5) is 5.69 Å². The maximum Gasteiger partial charge on any atom is 0.297 e. The molecular weight excluding hydrogens is 492 g/mol. The minimum Gasteiger partial charge on any atom is -0.456 e. The summed E-state index contributed by atoms with van der Waals surface area (Å²) in [4.78, 5) is 32.3. The number of nitrogens with zero attached hydrogens (tertiary/aromatic N) is 1. The molecule has 0 fully saturated rings. The number of aromatic nitrogens is 1. The Kier molecular flexibility index (Phi) is 8.30. The van der Waals surface area contributed by atoms with E-state index >= 15 is 0 Å². The number of para-hydroxylation sites is 2. The van der Waals surface area contributed by atoms with E-state index in [2.05, 4.69) is 10.3 Å². The first-order chi connectivity index (χ1) is 17.5. The summed E-state index contributed by atoms with van der Waals surface area (Å²) in [6.45, 7) is 1.89. The zero-order valence-corrected chi connectivity index (χ0v) is 21.6. The molecule has 4 rings (SSSR count). The molecule has 0 atom stereocenters. The van der Waals surface area contributed by atoms with Crippen LogP contribution in [0.5, 0.6) is 23.0 Å². The van der Waals surface area contributed by atoms with Gasteiger partial charge in [-0.2, -0.15) is 0 Å². The third-order valence-corrected chi connectivity index (χ3v) is 6.54. The Morgan fingerprint density at radius 3 is 1.83 bits per heavy atom. The van der Waals surface area contributed by atoms with E-state index in [-0.39, 0.29) is 17.1 Å². The van der Waals surface area contributed by atoms with E-state index in [4.69, 9.17) is 9.47 Å². The van der Waals surface area contributed by atoms with Gasteiger partial charge in [0.15, 0.2) is 0 Å². The van der Waals surface area contributed by atoms with Crippen molar-refractivity contribution in [3.63, 3.8) is 0 Å². The topological polar surface area (TPSA) is 77.5 Å². The molecule has 0 unspecified atom stereocenters. The summed E-state index contributed by atoms with van der Waals surface area (Å²) in [6.07, 6.45) is 3.78. The van der Waals surface area contributed by atoms with Gasteiger partial charge >= 0.3 is 0 Å². The van der Waals surface area contributed by atoms with Gasteiger partial charge in [0.25, 0.3) is 11.7 Å². The molecule has 0 spiro atoms. The van der Waals surface area contributed by atoms with Crippen LogP contribution in [0.2, 0.25) is 0 Å². The van der Waals surface area contributed by atoms with Gasteiger partial charge in [0.1, 0.15) is 33.6 Å². The molecule has 4 aromatic rings. The largest absolute Gasteiger partial charge is 0.456 e. The summed E-state index contributed by atoms with van der Waals surface area (Å²) in [5.74, 6) is -0.110. The molecule has 0 aliphatic heterocycles. The SMILES string of the molecule is CSc1cc(C)nc(SC)c1NC(=O)C(=O)c1c(Oc2ccccc2)cccc1Oc1ccccc1. The number of carbonyl (C=O) groups excluding carboxylic acids is 2. The number of rotatable bonds is 9. The molecule has 8 heteroatoms. The van der Waals surface area contributed by atoms with Crippen molar-refractivity contribution < 1.29 is 19.1 Å². The van der Waals surface area contributed by atoms with E-state index in [1.165, 1.54) is 23.5 Å². The molecule has 0 radical (unpaired) electrons. The fourth-order valence-electron chi connectivity index (χ4n) is 3.46. The van der Waals surface area contributed by atoms with E-state index in [0.717, 1.165) is 10.6 Å². The summed E-state index contributed by atoms with van der Waals surface area (Å²) < 4.78 is 12.0. The molecule has 1 amide bonds. The standard InChI is InChI=1S/C28H24N2O4S2/c1-18-17-23(35-2)25(28(29-18)36-3)30-27(32)26(31)24-21(33-19-11-6-4-7-12-19)15-10-16-22(24)34-20-13-8-5-9-14-20/h4-17H,1-3H3,(H,30,32). The highest BCUT2D eigenvalue weighted by molar-refractivity contribution is 7.99. The van der Waals surface area contributed by atoms with E-state index in [1.807, 2.05) is 61.9 Å². The van der Waals surface area contributed by atoms with Crippen molar-refractivity contribution in [3.8, 4) is 23.0 Å². The van der Waals surface area contributed by atoms with Crippen LogP contribution in [-0.2, 0) is 4.79 Å².